The first-order chi connectivity index (χ1) is 18.2. The summed E-state index contributed by atoms with van der Waals surface area (Å²) < 4.78 is 31.1. The Labute approximate surface area is 229 Å². The van der Waals surface area contributed by atoms with Crippen LogP contribution in [0.4, 0.5) is 5.13 Å². The minimum absolute atomic E-state index is 0.0949. The maximum absolute atomic E-state index is 12.5. The van der Waals surface area contributed by atoms with Gasteiger partial charge in [0.25, 0.3) is 5.91 Å². The minimum Gasteiger partial charge on any atom is -0.376 e. The Balaban J connectivity index is 1.84. The van der Waals surface area contributed by atoms with Gasteiger partial charge in [-0.1, -0.05) is 79.4 Å². The number of allylic oxidation sites excluding steroid dienone is 4. The topological polar surface area (TPSA) is 88.6 Å². The molecule has 38 heavy (non-hydrogen) atoms. The molecule has 1 heterocycles. The summed E-state index contributed by atoms with van der Waals surface area (Å²) in [5.41, 5.74) is 4.23. The summed E-state index contributed by atoms with van der Waals surface area (Å²) in [6.45, 7) is 9.20. The van der Waals surface area contributed by atoms with E-state index in [9.17, 15) is 13.2 Å². The van der Waals surface area contributed by atoms with Crippen LogP contribution < -0.4 is 9.62 Å². The number of nitrogens with zero attached hydrogens (tertiary/aromatic N) is 2. The molecule has 1 N–H and O–H groups in total. The summed E-state index contributed by atoms with van der Waals surface area (Å²) in [7, 11) is -3.70. The monoisotopic (exact) mass is 551 g/mol. The lowest BCUT2D eigenvalue weighted by atomic mass is 10.1. The molecule has 0 atom stereocenters. The van der Waals surface area contributed by atoms with Gasteiger partial charge in [-0.2, -0.15) is 0 Å². The molecule has 0 saturated heterocycles. The Bertz CT molecular complexity index is 1400. The first kappa shape index (κ1) is 29.0. The maximum atomic E-state index is 12.5. The molecule has 0 unspecified atom stereocenters. The molecule has 0 bridgehead atoms. The molecule has 1 aromatic heterocycles. The molecule has 0 aliphatic carbocycles. The Kier molecular flexibility index (Phi) is 10.6. The molecule has 9 heteroatoms. The highest BCUT2D eigenvalue weighted by molar-refractivity contribution is 7.89. The van der Waals surface area contributed by atoms with Crippen LogP contribution in [0.15, 0.2) is 96.7 Å². The SMILES string of the molecule is C=C/C=C(\C=C(/C)N(Cc1ccccc1)c1nc(C(=O)NS(C)(=O)=O)c(C)s1)CCOCc1ccccc1. The average molecular weight is 552 g/mol. The van der Waals surface area contributed by atoms with Crippen molar-refractivity contribution in [2.75, 3.05) is 17.8 Å². The Morgan fingerprint density at radius 3 is 2.34 bits per heavy atom. The number of amides is 1. The fraction of sp³-hybridized carbons (Fsp3) is 0.241. The van der Waals surface area contributed by atoms with E-state index in [4.69, 9.17) is 4.74 Å². The third-order valence-corrected chi connectivity index (χ3v) is 7.04. The number of ether oxygens (including phenoxy) is 1. The van der Waals surface area contributed by atoms with Crippen molar-refractivity contribution in [3.05, 3.63) is 118 Å². The van der Waals surface area contributed by atoms with E-state index in [0.29, 0.717) is 36.2 Å². The number of benzene rings is 2. The summed E-state index contributed by atoms with van der Waals surface area (Å²) >= 11 is 1.34. The first-order valence-corrected chi connectivity index (χ1v) is 14.8. The minimum atomic E-state index is -3.70. The van der Waals surface area contributed by atoms with E-state index >= 15 is 0 Å². The second kappa shape index (κ2) is 13.9. The lowest BCUT2D eigenvalue weighted by molar-refractivity contribution is 0.0977. The van der Waals surface area contributed by atoms with Crippen molar-refractivity contribution in [2.24, 2.45) is 0 Å². The van der Waals surface area contributed by atoms with E-state index in [2.05, 4.69) is 17.6 Å². The second-order valence-corrected chi connectivity index (χ2v) is 11.7. The number of nitrogens with one attached hydrogen (secondary N) is 1. The fourth-order valence-electron chi connectivity index (χ4n) is 3.69. The van der Waals surface area contributed by atoms with E-state index < -0.39 is 15.9 Å². The Hall–Kier alpha value is -3.53. The molecular weight excluding hydrogens is 518 g/mol. The molecule has 0 spiro atoms. The van der Waals surface area contributed by atoms with Crippen LogP contribution in [0.2, 0.25) is 0 Å². The van der Waals surface area contributed by atoms with Gasteiger partial charge in [-0.3, -0.25) is 4.79 Å². The van der Waals surface area contributed by atoms with Gasteiger partial charge < -0.3 is 9.64 Å². The van der Waals surface area contributed by atoms with Crippen molar-refractivity contribution < 1.29 is 17.9 Å². The molecule has 7 nitrogen and oxygen atoms in total. The summed E-state index contributed by atoms with van der Waals surface area (Å²) in [4.78, 5) is 19.7. The molecule has 200 valence electrons. The summed E-state index contributed by atoms with van der Waals surface area (Å²) in [6, 6.07) is 20.0. The number of hydrogen-bond donors (Lipinski definition) is 1. The number of sulfonamides is 1. The van der Waals surface area contributed by atoms with E-state index in [0.717, 1.165) is 28.7 Å². The van der Waals surface area contributed by atoms with Gasteiger partial charge in [-0.15, -0.1) is 11.3 Å². The number of rotatable bonds is 13. The predicted octanol–water partition coefficient (Wildman–Crippen LogP) is 5.77. The quantitative estimate of drug-likeness (QED) is 0.214. The molecule has 3 rings (SSSR count). The molecule has 0 radical (unpaired) electrons. The highest BCUT2D eigenvalue weighted by atomic mass is 32.2. The van der Waals surface area contributed by atoms with E-state index in [1.54, 1.807) is 13.0 Å². The standard InChI is InChI=1S/C29H33N3O4S2/c1-5-12-24(17-18-36-21-26-15-10-7-11-16-26)19-22(2)32(20-25-13-8-6-9-14-25)29-30-27(23(3)37-29)28(33)31-38(4,34)35/h5-16,19H,1,17-18,20-21H2,2-4H3,(H,31,33)/b22-19+,24-12-. The number of aryl methyl sites for hydroxylation is 1. The molecule has 0 fully saturated rings. The number of anilines is 1. The van der Waals surface area contributed by atoms with Crippen LogP contribution in [-0.4, -0.2) is 32.2 Å². The Morgan fingerprint density at radius 2 is 1.74 bits per heavy atom. The van der Waals surface area contributed by atoms with Crippen molar-refractivity contribution in [2.45, 2.75) is 33.4 Å². The van der Waals surface area contributed by atoms with Crippen molar-refractivity contribution in [3.63, 3.8) is 0 Å². The molecule has 0 aliphatic rings. The first-order valence-electron chi connectivity index (χ1n) is 12.1. The maximum Gasteiger partial charge on any atom is 0.284 e. The highest BCUT2D eigenvalue weighted by Gasteiger charge is 2.22. The van der Waals surface area contributed by atoms with Gasteiger partial charge in [0.1, 0.15) is 5.69 Å². The van der Waals surface area contributed by atoms with Crippen molar-refractivity contribution in [1.29, 1.82) is 0 Å². The van der Waals surface area contributed by atoms with Crippen LogP contribution in [-0.2, 0) is 27.9 Å². The number of hydrogen-bond acceptors (Lipinski definition) is 7. The largest absolute Gasteiger partial charge is 0.376 e. The third kappa shape index (κ3) is 9.09. The normalized spacial score (nSPS) is 12.3. The van der Waals surface area contributed by atoms with Gasteiger partial charge in [-0.05, 0) is 43.0 Å². The van der Waals surface area contributed by atoms with Crippen LogP contribution in [0.5, 0.6) is 0 Å². The zero-order valence-corrected chi connectivity index (χ0v) is 23.5. The lowest BCUT2D eigenvalue weighted by Gasteiger charge is -2.23. The summed E-state index contributed by atoms with van der Waals surface area (Å²) in [5, 5.41) is 0.594. The van der Waals surface area contributed by atoms with Crippen molar-refractivity contribution in [1.82, 2.24) is 9.71 Å². The smallest absolute Gasteiger partial charge is 0.284 e. The fourth-order valence-corrected chi connectivity index (χ4v) is 5.09. The van der Waals surface area contributed by atoms with Crippen molar-refractivity contribution >= 4 is 32.4 Å². The molecular formula is C29H33N3O4S2. The average Bonchev–Trinajstić information content (AvgIpc) is 3.26. The van der Waals surface area contributed by atoms with Gasteiger partial charge in [-0.25, -0.2) is 18.1 Å². The molecule has 2 aromatic carbocycles. The second-order valence-electron chi connectivity index (χ2n) is 8.73. The van der Waals surface area contributed by atoms with Gasteiger partial charge >= 0.3 is 0 Å². The summed E-state index contributed by atoms with van der Waals surface area (Å²) in [6.07, 6.45) is 7.39. The lowest BCUT2D eigenvalue weighted by Crippen LogP contribution is -2.30. The van der Waals surface area contributed by atoms with Gasteiger partial charge in [0, 0.05) is 10.6 Å². The number of carbonyl (C=O) groups is 1. The molecule has 3 aromatic rings. The number of aromatic nitrogens is 1. The van der Waals surface area contributed by atoms with Crippen LogP contribution in [0, 0.1) is 6.92 Å². The van der Waals surface area contributed by atoms with Gasteiger partial charge in [0.15, 0.2) is 5.13 Å². The third-order valence-electron chi connectivity index (χ3n) is 5.49. The van der Waals surface area contributed by atoms with E-state index in [1.807, 2.05) is 83.3 Å². The van der Waals surface area contributed by atoms with Gasteiger partial charge in [0.2, 0.25) is 10.0 Å². The molecule has 0 saturated carbocycles. The zero-order chi connectivity index (χ0) is 27.5. The van der Waals surface area contributed by atoms with Crippen molar-refractivity contribution in [3.8, 4) is 0 Å². The zero-order valence-electron chi connectivity index (χ0n) is 21.9. The predicted molar refractivity (Wildman–Crippen MR) is 155 cm³/mol. The van der Waals surface area contributed by atoms with Gasteiger partial charge in [0.05, 0.1) is 26.0 Å². The number of carbonyl (C=O) groups excluding carboxylic acids is 1. The van der Waals surface area contributed by atoms with Crippen LogP contribution >= 0.6 is 11.3 Å². The molecule has 0 aliphatic heterocycles. The van der Waals surface area contributed by atoms with Crippen LogP contribution in [0.1, 0.15) is 39.8 Å². The van der Waals surface area contributed by atoms with Crippen LogP contribution in [0.25, 0.3) is 0 Å². The van der Waals surface area contributed by atoms with Crippen LogP contribution in [0.3, 0.4) is 0 Å². The molecule has 1 amide bonds. The summed E-state index contributed by atoms with van der Waals surface area (Å²) in [5.74, 6) is -0.739. The van der Waals surface area contributed by atoms with E-state index in [-0.39, 0.29) is 5.69 Å². The van der Waals surface area contributed by atoms with E-state index in [1.165, 1.54) is 11.3 Å². The number of thiazole rings is 1. The highest BCUT2D eigenvalue weighted by Crippen LogP contribution is 2.30. The Morgan fingerprint density at radius 1 is 1.11 bits per heavy atom.